The van der Waals surface area contributed by atoms with Gasteiger partial charge in [-0.05, 0) is 11.6 Å². The third-order valence-corrected chi connectivity index (χ3v) is 2.77. The summed E-state index contributed by atoms with van der Waals surface area (Å²) < 4.78 is 0.238. The van der Waals surface area contributed by atoms with Gasteiger partial charge in [-0.2, -0.15) is 0 Å². The van der Waals surface area contributed by atoms with Gasteiger partial charge >= 0.3 is 0 Å². The highest BCUT2D eigenvalue weighted by Crippen LogP contribution is 2.15. The molecule has 0 aliphatic heterocycles. The lowest BCUT2D eigenvalue weighted by molar-refractivity contribution is 0.0910. The van der Waals surface area contributed by atoms with Crippen LogP contribution in [0, 0.1) is 5.41 Å². The Kier molecular flexibility index (Phi) is 4.01. The summed E-state index contributed by atoms with van der Waals surface area (Å²) in [5, 5.41) is 19.0. The topological polar surface area (TPSA) is 75.1 Å². The van der Waals surface area contributed by atoms with E-state index in [9.17, 15) is 4.79 Å². The molecule has 0 fully saturated rings. The van der Waals surface area contributed by atoms with Crippen LogP contribution in [0.5, 0.6) is 0 Å². The number of hydrogen-bond acceptors (Lipinski definition) is 5. The quantitative estimate of drug-likeness (QED) is 0.833. The second-order valence-electron chi connectivity index (χ2n) is 3.87. The fourth-order valence-corrected chi connectivity index (χ4v) is 1.49. The van der Waals surface area contributed by atoms with Gasteiger partial charge in [-0.25, -0.2) is 0 Å². The summed E-state index contributed by atoms with van der Waals surface area (Å²) in [6.45, 7) is 4.07. The third kappa shape index (κ3) is 3.73. The SMILES string of the molecule is CC(C)(CO)CNC(=O)c1nnc(Cl)s1. The molecule has 0 saturated carbocycles. The van der Waals surface area contributed by atoms with Gasteiger partial charge in [0, 0.05) is 18.6 Å². The highest BCUT2D eigenvalue weighted by molar-refractivity contribution is 7.17. The average molecular weight is 250 g/mol. The van der Waals surface area contributed by atoms with Crippen LogP contribution in [0.4, 0.5) is 0 Å². The molecule has 5 nitrogen and oxygen atoms in total. The van der Waals surface area contributed by atoms with E-state index in [1.54, 1.807) is 0 Å². The van der Waals surface area contributed by atoms with Crippen molar-refractivity contribution in [3.63, 3.8) is 0 Å². The van der Waals surface area contributed by atoms with Gasteiger partial charge < -0.3 is 10.4 Å². The van der Waals surface area contributed by atoms with Crippen molar-refractivity contribution < 1.29 is 9.90 Å². The summed E-state index contributed by atoms with van der Waals surface area (Å²) in [5.74, 6) is -0.319. The Bertz CT molecular complexity index is 353. The first-order valence-corrected chi connectivity index (χ1v) is 5.52. The van der Waals surface area contributed by atoms with Crippen molar-refractivity contribution in [3.8, 4) is 0 Å². The minimum absolute atomic E-state index is 0.00412. The number of halogens is 1. The van der Waals surface area contributed by atoms with E-state index < -0.39 is 0 Å². The number of carbonyl (C=O) groups excluding carboxylic acids is 1. The molecule has 0 saturated heterocycles. The fourth-order valence-electron chi connectivity index (χ4n) is 0.748. The van der Waals surface area contributed by atoms with Gasteiger partial charge in [0.15, 0.2) is 0 Å². The Balaban J connectivity index is 2.50. The van der Waals surface area contributed by atoms with Gasteiger partial charge in [-0.1, -0.05) is 25.2 Å². The van der Waals surface area contributed by atoms with Crippen LogP contribution in [0.25, 0.3) is 0 Å². The predicted molar refractivity (Wildman–Crippen MR) is 58.1 cm³/mol. The van der Waals surface area contributed by atoms with Gasteiger partial charge in [0.2, 0.25) is 9.47 Å². The Hall–Kier alpha value is -0.720. The molecular formula is C8H12ClN3O2S. The molecule has 1 aromatic heterocycles. The molecule has 1 heterocycles. The lowest BCUT2D eigenvalue weighted by Crippen LogP contribution is -2.36. The molecule has 0 radical (unpaired) electrons. The van der Waals surface area contributed by atoms with Crippen LogP contribution in [-0.2, 0) is 0 Å². The molecule has 1 rings (SSSR count). The van der Waals surface area contributed by atoms with Crippen molar-refractivity contribution in [2.45, 2.75) is 13.8 Å². The van der Waals surface area contributed by atoms with E-state index in [4.69, 9.17) is 16.7 Å². The zero-order valence-corrected chi connectivity index (χ0v) is 10.0. The summed E-state index contributed by atoms with van der Waals surface area (Å²) in [6, 6.07) is 0. The Morgan fingerprint density at radius 2 is 2.27 bits per heavy atom. The molecule has 1 aromatic rings. The lowest BCUT2D eigenvalue weighted by atomic mass is 9.95. The highest BCUT2D eigenvalue weighted by Gasteiger charge is 2.19. The second-order valence-corrected chi connectivity index (χ2v) is 5.42. The van der Waals surface area contributed by atoms with E-state index in [2.05, 4.69) is 15.5 Å². The Morgan fingerprint density at radius 1 is 1.60 bits per heavy atom. The number of nitrogens with one attached hydrogen (secondary N) is 1. The van der Waals surface area contributed by atoms with Crippen LogP contribution < -0.4 is 5.32 Å². The van der Waals surface area contributed by atoms with Crippen molar-refractivity contribution >= 4 is 28.8 Å². The van der Waals surface area contributed by atoms with Crippen molar-refractivity contribution in [1.29, 1.82) is 0 Å². The molecule has 15 heavy (non-hydrogen) atoms. The largest absolute Gasteiger partial charge is 0.396 e. The number of rotatable bonds is 4. The molecule has 0 aromatic carbocycles. The minimum atomic E-state index is -0.343. The van der Waals surface area contributed by atoms with Gasteiger partial charge in [0.1, 0.15) is 0 Å². The second kappa shape index (κ2) is 4.87. The maximum atomic E-state index is 11.5. The molecular weight excluding hydrogens is 238 g/mol. The minimum Gasteiger partial charge on any atom is -0.396 e. The zero-order valence-electron chi connectivity index (χ0n) is 8.45. The maximum absolute atomic E-state index is 11.5. The summed E-state index contributed by atoms with van der Waals surface area (Å²) in [4.78, 5) is 11.5. The van der Waals surface area contributed by atoms with Crippen LogP contribution in [0.1, 0.15) is 23.6 Å². The van der Waals surface area contributed by atoms with Crippen molar-refractivity contribution in [2.75, 3.05) is 13.2 Å². The van der Waals surface area contributed by atoms with E-state index >= 15 is 0 Å². The summed E-state index contributed by atoms with van der Waals surface area (Å²) in [7, 11) is 0. The number of hydrogen-bond donors (Lipinski definition) is 2. The van der Waals surface area contributed by atoms with Crippen LogP contribution >= 0.6 is 22.9 Å². The van der Waals surface area contributed by atoms with Crippen LogP contribution in [0.3, 0.4) is 0 Å². The van der Waals surface area contributed by atoms with Crippen LogP contribution in [0.15, 0.2) is 0 Å². The number of aliphatic hydroxyl groups excluding tert-OH is 1. The van der Waals surface area contributed by atoms with Crippen molar-refractivity contribution in [1.82, 2.24) is 15.5 Å². The molecule has 0 spiro atoms. The predicted octanol–water partition coefficient (Wildman–Crippen LogP) is 0.940. The number of aliphatic hydroxyl groups is 1. The van der Waals surface area contributed by atoms with E-state index in [1.165, 1.54) is 0 Å². The highest BCUT2D eigenvalue weighted by atomic mass is 35.5. The Morgan fingerprint density at radius 3 is 2.73 bits per heavy atom. The average Bonchev–Trinajstić information content (AvgIpc) is 2.61. The van der Waals surface area contributed by atoms with Gasteiger partial charge in [0.25, 0.3) is 5.91 Å². The van der Waals surface area contributed by atoms with E-state index in [-0.39, 0.29) is 27.4 Å². The lowest BCUT2D eigenvalue weighted by Gasteiger charge is -2.21. The van der Waals surface area contributed by atoms with E-state index in [0.29, 0.717) is 6.54 Å². The first-order chi connectivity index (χ1) is 6.94. The first-order valence-electron chi connectivity index (χ1n) is 4.33. The number of carbonyl (C=O) groups is 1. The normalized spacial score (nSPS) is 11.5. The molecule has 0 atom stereocenters. The monoisotopic (exact) mass is 249 g/mol. The number of amides is 1. The summed E-state index contributed by atoms with van der Waals surface area (Å²) >= 11 is 6.57. The molecule has 0 unspecified atom stereocenters. The fraction of sp³-hybridized carbons (Fsp3) is 0.625. The molecule has 0 aliphatic rings. The molecule has 2 N–H and O–H groups in total. The Labute approximate surface area is 96.5 Å². The van der Waals surface area contributed by atoms with Crippen molar-refractivity contribution in [3.05, 3.63) is 9.47 Å². The standard InChI is InChI=1S/C8H12ClN3O2S/c1-8(2,4-13)3-10-5(14)6-11-12-7(9)15-6/h13H,3-4H2,1-2H3,(H,10,14). The smallest absolute Gasteiger partial charge is 0.282 e. The van der Waals surface area contributed by atoms with Crippen LogP contribution in [-0.4, -0.2) is 34.4 Å². The van der Waals surface area contributed by atoms with Crippen molar-refractivity contribution in [2.24, 2.45) is 5.41 Å². The van der Waals surface area contributed by atoms with Gasteiger partial charge in [0.05, 0.1) is 0 Å². The number of nitrogens with zero attached hydrogens (tertiary/aromatic N) is 2. The van der Waals surface area contributed by atoms with E-state index in [1.807, 2.05) is 13.8 Å². The van der Waals surface area contributed by atoms with Crippen LogP contribution in [0.2, 0.25) is 4.47 Å². The van der Waals surface area contributed by atoms with Gasteiger partial charge in [-0.15, -0.1) is 10.2 Å². The summed E-state index contributed by atoms with van der Waals surface area (Å²) in [6.07, 6.45) is 0. The van der Waals surface area contributed by atoms with Gasteiger partial charge in [-0.3, -0.25) is 4.79 Å². The third-order valence-electron chi connectivity index (χ3n) is 1.75. The molecule has 0 aliphatic carbocycles. The summed E-state index contributed by atoms with van der Waals surface area (Å²) in [5.41, 5.74) is -0.343. The molecule has 0 bridgehead atoms. The molecule has 7 heteroatoms. The zero-order chi connectivity index (χ0) is 11.5. The van der Waals surface area contributed by atoms with E-state index in [0.717, 1.165) is 11.3 Å². The molecule has 1 amide bonds. The maximum Gasteiger partial charge on any atom is 0.282 e. The molecule has 84 valence electrons. The number of aromatic nitrogens is 2. The first kappa shape index (κ1) is 12.4.